The van der Waals surface area contributed by atoms with Crippen molar-refractivity contribution in [2.45, 2.75) is 0 Å². The Kier molecular flexibility index (Phi) is 5.56. The zero-order valence-corrected chi connectivity index (χ0v) is 18.2. The Morgan fingerprint density at radius 1 is 0.667 bits per heavy atom. The Morgan fingerprint density at radius 3 is 1.88 bits per heavy atom. The minimum absolute atomic E-state index is 0.00830. The van der Waals surface area contributed by atoms with Gasteiger partial charge in [0.15, 0.2) is 5.78 Å². The van der Waals surface area contributed by atoms with Crippen LogP contribution in [-0.2, 0) is 0 Å². The highest BCUT2D eigenvalue weighted by molar-refractivity contribution is 6.09. The van der Waals surface area contributed by atoms with Gasteiger partial charge < -0.3 is 9.72 Å². The number of carbonyl (C=O) groups is 1. The second-order valence-corrected chi connectivity index (χ2v) is 7.68. The van der Waals surface area contributed by atoms with Crippen molar-refractivity contribution < 1.29 is 9.53 Å². The van der Waals surface area contributed by atoms with Crippen molar-refractivity contribution in [2.24, 2.45) is 0 Å². The van der Waals surface area contributed by atoms with Crippen molar-refractivity contribution >= 4 is 5.78 Å². The zero-order valence-electron chi connectivity index (χ0n) is 18.2. The first kappa shape index (κ1) is 20.5. The minimum Gasteiger partial charge on any atom is -0.497 e. The van der Waals surface area contributed by atoms with E-state index in [2.05, 4.69) is 4.98 Å². The van der Waals surface area contributed by atoms with E-state index in [-0.39, 0.29) is 5.78 Å². The van der Waals surface area contributed by atoms with Crippen LogP contribution in [0.4, 0.5) is 0 Å². The van der Waals surface area contributed by atoms with E-state index < -0.39 is 0 Å². The molecule has 0 atom stereocenters. The Labute approximate surface area is 192 Å². The van der Waals surface area contributed by atoms with E-state index in [1.165, 1.54) is 0 Å². The monoisotopic (exact) mass is 430 g/mol. The predicted octanol–water partition coefficient (Wildman–Crippen LogP) is 6.65. The van der Waals surface area contributed by atoms with Gasteiger partial charge in [0, 0.05) is 27.8 Å². The molecule has 0 saturated heterocycles. The number of nitrogens with zero attached hydrogens (tertiary/aromatic N) is 1. The maximum absolute atomic E-state index is 12.8. The number of nitrogens with one attached hydrogen (secondary N) is 1. The Balaban J connectivity index is 1.55. The quantitative estimate of drug-likeness (QED) is 0.307. The van der Waals surface area contributed by atoms with Crippen LogP contribution in [0.25, 0.3) is 33.9 Å². The number of H-pyrrole nitrogens is 1. The molecule has 0 bridgehead atoms. The average molecular weight is 431 g/mol. The largest absolute Gasteiger partial charge is 0.497 e. The number of methoxy groups -OCH3 is 1. The van der Waals surface area contributed by atoms with Gasteiger partial charge in [0.05, 0.1) is 18.5 Å². The summed E-state index contributed by atoms with van der Waals surface area (Å²) in [5, 5.41) is 0. The molecule has 4 nitrogen and oxygen atoms in total. The van der Waals surface area contributed by atoms with E-state index in [9.17, 15) is 4.79 Å². The van der Waals surface area contributed by atoms with Crippen LogP contribution >= 0.6 is 0 Å². The van der Waals surface area contributed by atoms with Crippen LogP contribution in [0, 0.1) is 0 Å². The third kappa shape index (κ3) is 4.19. The first-order valence-corrected chi connectivity index (χ1v) is 10.7. The molecule has 0 unspecified atom stereocenters. The van der Waals surface area contributed by atoms with E-state index in [4.69, 9.17) is 9.72 Å². The Bertz CT molecular complexity index is 1370. The van der Waals surface area contributed by atoms with Gasteiger partial charge in [-0.3, -0.25) is 4.79 Å². The minimum atomic E-state index is 0.00830. The lowest BCUT2D eigenvalue weighted by molar-refractivity contribution is 0.103. The fourth-order valence-electron chi connectivity index (χ4n) is 3.82. The third-order valence-electron chi connectivity index (χ3n) is 5.59. The highest BCUT2D eigenvalue weighted by atomic mass is 16.5. The number of hydrogen-bond acceptors (Lipinski definition) is 3. The van der Waals surface area contributed by atoms with Crippen molar-refractivity contribution in [3.8, 4) is 39.7 Å². The molecule has 0 amide bonds. The molecule has 1 heterocycles. The molecule has 4 heteroatoms. The number of aromatic nitrogens is 2. The van der Waals surface area contributed by atoms with Gasteiger partial charge >= 0.3 is 0 Å². The first-order chi connectivity index (χ1) is 16.2. The number of carbonyl (C=O) groups excluding carboxylic acids is 1. The Hall–Kier alpha value is -4.44. The van der Waals surface area contributed by atoms with Crippen molar-refractivity contribution in [3.05, 3.63) is 120 Å². The number of benzene rings is 4. The highest BCUT2D eigenvalue weighted by Crippen LogP contribution is 2.33. The van der Waals surface area contributed by atoms with Crippen LogP contribution < -0.4 is 4.74 Å². The molecule has 0 fully saturated rings. The van der Waals surface area contributed by atoms with Crippen LogP contribution in [0.5, 0.6) is 5.75 Å². The number of ether oxygens (including phenoxy) is 1. The molecule has 0 radical (unpaired) electrons. The van der Waals surface area contributed by atoms with Gasteiger partial charge in [-0.1, -0.05) is 84.9 Å². The summed E-state index contributed by atoms with van der Waals surface area (Å²) in [5.41, 5.74) is 6.06. The van der Waals surface area contributed by atoms with E-state index in [1.807, 2.05) is 109 Å². The summed E-state index contributed by atoms with van der Waals surface area (Å²) in [6, 6.07) is 34.9. The predicted molar refractivity (Wildman–Crippen MR) is 131 cm³/mol. The summed E-state index contributed by atoms with van der Waals surface area (Å²) in [5.74, 6) is 1.58. The molecule has 5 rings (SSSR count). The third-order valence-corrected chi connectivity index (χ3v) is 5.59. The van der Waals surface area contributed by atoms with E-state index in [0.29, 0.717) is 11.1 Å². The smallest absolute Gasteiger partial charge is 0.193 e. The molecule has 0 saturated carbocycles. The normalized spacial score (nSPS) is 10.7. The number of aromatic amines is 1. The maximum Gasteiger partial charge on any atom is 0.193 e. The lowest BCUT2D eigenvalue weighted by atomic mass is 10.00. The van der Waals surface area contributed by atoms with Crippen LogP contribution in [0.3, 0.4) is 0 Å². The summed E-state index contributed by atoms with van der Waals surface area (Å²) in [6.07, 6.45) is 0. The second-order valence-electron chi connectivity index (χ2n) is 7.68. The molecule has 0 aliphatic rings. The first-order valence-electron chi connectivity index (χ1n) is 10.7. The van der Waals surface area contributed by atoms with Crippen molar-refractivity contribution in [1.29, 1.82) is 0 Å². The summed E-state index contributed by atoms with van der Waals surface area (Å²) >= 11 is 0. The molecule has 1 aromatic heterocycles. The molecule has 0 spiro atoms. The molecule has 0 aliphatic heterocycles. The molecule has 0 aliphatic carbocycles. The molecule has 4 aromatic carbocycles. The second kappa shape index (κ2) is 8.97. The van der Waals surface area contributed by atoms with Crippen molar-refractivity contribution in [1.82, 2.24) is 9.97 Å². The number of ketones is 1. The van der Waals surface area contributed by atoms with Crippen molar-refractivity contribution in [3.63, 3.8) is 0 Å². The summed E-state index contributed by atoms with van der Waals surface area (Å²) in [4.78, 5) is 21.2. The molecule has 160 valence electrons. The lowest BCUT2D eigenvalue weighted by Gasteiger charge is -2.05. The van der Waals surface area contributed by atoms with Crippen LogP contribution in [0.2, 0.25) is 0 Å². The standard InChI is InChI=1S/C29H22N2O2/c1-33-25-18-16-24(17-19-25)29-30-26(20-8-4-2-5-9-20)27(31-29)21-12-14-23(15-13-21)28(32)22-10-6-3-7-11-22/h2-19H,1H3,(H,30,31). The van der Waals surface area contributed by atoms with Gasteiger partial charge in [0.25, 0.3) is 0 Å². The number of rotatable bonds is 6. The average Bonchev–Trinajstić information content (AvgIpc) is 3.35. The van der Waals surface area contributed by atoms with E-state index in [1.54, 1.807) is 7.11 Å². The lowest BCUT2D eigenvalue weighted by Crippen LogP contribution is -2.00. The van der Waals surface area contributed by atoms with E-state index in [0.717, 1.165) is 39.7 Å². The number of hydrogen-bond donors (Lipinski definition) is 1. The van der Waals surface area contributed by atoms with Gasteiger partial charge in [0.2, 0.25) is 0 Å². The topological polar surface area (TPSA) is 55.0 Å². The summed E-state index contributed by atoms with van der Waals surface area (Å²) in [7, 11) is 1.65. The fraction of sp³-hybridized carbons (Fsp3) is 0.0345. The van der Waals surface area contributed by atoms with Gasteiger partial charge in [0.1, 0.15) is 11.6 Å². The van der Waals surface area contributed by atoms with Crippen LogP contribution in [0.1, 0.15) is 15.9 Å². The molecule has 1 N–H and O–H groups in total. The fourth-order valence-corrected chi connectivity index (χ4v) is 3.82. The van der Waals surface area contributed by atoms with Crippen molar-refractivity contribution in [2.75, 3.05) is 7.11 Å². The van der Waals surface area contributed by atoms with Gasteiger partial charge in [-0.05, 0) is 24.3 Å². The number of imidazole rings is 1. The molecule has 33 heavy (non-hydrogen) atoms. The Morgan fingerprint density at radius 2 is 1.24 bits per heavy atom. The van der Waals surface area contributed by atoms with E-state index >= 15 is 0 Å². The highest BCUT2D eigenvalue weighted by Gasteiger charge is 2.16. The van der Waals surface area contributed by atoms with Gasteiger partial charge in [-0.25, -0.2) is 4.98 Å². The zero-order chi connectivity index (χ0) is 22.6. The molecule has 5 aromatic rings. The molecular formula is C29H22N2O2. The van der Waals surface area contributed by atoms with Crippen LogP contribution in [-0.4, -0.2) is 22.9 Å². The van der Waals surface area contributed by atoms with Gasteiger partial charge in [-0.15, -0.1) is 0 Å². The van der Waals surface area contributed by atoms with Gasteiger partial charge in [-0.2, -0.15) is 0 Å². The van der Waals surface area contributed by atoms with Crippen LogP contribution in [0.15, 0.2) is 109 Å². The molecular weight excluding hydrogens is 408 g/mol. The summed E-state index contributed by atoms with van der Waals surface area (Å²) < 4.78 is 5.28. The SMILES string of the molecule is COc1ccc(-c2nc(-c3ccccc3)c(-c3ccc(C(=O)c4ccccc4)cc3)[nH]2)cc1. The maximum atomic E-state index is 12.8. The summed E-state index contributed by atoms with van der Waals surface area (Å²) in [6.45, 7) is 0.